The van der Waals surface area contributed by atoms with Crippen molar-refractivity contribution in [3.8, 4) is 0 Å². The second kappa shape index (κ2) is 9.00. The largest absolute Gasteiger partial charge is 0.465 e. The monoisotopic (exact) mass is 384 g/mol. The predicted octanol–water partition coefficient (Wildman–Crippen LogP) is 0.447. The predicted molar refractivity (Wildman–Crippen MR) is 97.9 cm³/mol. The quantitative estimate of drug-likeness (QED) is 0.720. The number of hydrogen-bond donors (Lipinski definition) is 2. The first-order valence-corrected chi connectivity index (χ1v) is 9.42. The molecule has 1 fully saturated rings. The number of ether oxygens (including phenoxy) is 2. The number of carbonyl (C=O) groups is 3. The lowest BCUT2D eigenvalue weighted by Crippen LogP contribution is -3.15. The minimum atomic E-state index is -0.447. The highest BCUT2D eigenvalue weighted by Crippen LogP contribution is 2.32. The van der Waals surface area contributed by atoms with Crippen LogP contribution < -0.4 is 10.2 Å². The van der Waals surface area contributed by atoms with E-state index in [1.807, 2.05) is 13.8 Å². The summed E-state index contributed by atoms with van der Waals surface area (Å²) in [5, 5.41) is 3.37. The number of nitrogens with zero attached hydrogens (tertiary/aromatic N) is 1. The lowest BCUT2D eigenvalue weighted by Gasteiger charge is -2.31. The number of piperazine rings is 1. The van der Waals surface area contributed by atoms with Crippen molar-refractivity contribution in [3.05, 3.63) is 16.0 Å². The summed E-state index contributed by atoms with van der Waals surface area (Å²) in [6.45, 7) is 8.65. The molecule has 0 atom stereocenters. The lowest BCUT2D eigenvalue weighted by molar-refractivity contribution is -0.895. The third-order valence-corrected chi connectivity index (χ3v) is 5.56. The molecule has 0 bridgehead atoms. The van der Waals surface area contributed by atoms with Crippen LogP contribution in [0.4, 0.5) is 9.80 Å². The van der Waals surface area contributed by atoms with Crippen LogP contribution in [-0.2, 0) is 14.3 Å². The van der Waals surface area contributed by atoms with E-state index in [2.05, 4.69) is 5.32 Å². The normalized spacial score (nSPS) is 14.8. The summed E-state index contributed by atoms with van der Waals surface area (Å²) in [5.41, 5.74) is 1.25. The van der Waals surface area contributed by atoms with Crippen LogP contribution in [0.1, 0.15) is 27.7 Å². The first-order chi connectivity index (χ1) is 12.4. The van der Waals surface area contributed by atoms with Gasteiger partial charge in [-0.15, -0.1) is 11.3 Å². The summed E-state index contributed by atoms with van der Waals surface area (Å²) in [7, 11) is 1.33. The number of methoxy groups -OCH3 is 1. The Morgan fingerprint density at radius 1 is 1.23 bits per heavy atom. The maximum absolute atomic E-state index is 12.4. The number of quaternary nitrogens is 1. The van der Waals surface area contributed by atoms with Gasteiger partial charge in [0.25, 0.3) is 5.91 Å². The molecule has 144 valence electrons. The molecule has 2 heterocycles. The van der Waals surface area contributed by atoms with Gasteiger partial charge in [-0.05, 0) is 26.3 Å². The van der Waals surface area contributed by atoms with Gasteiger partial charge in [0, 0.05) is 4.88 Å². The van der Waals surface area contributed by atoms with Crippen LogP contribution in [0.15, 0.2) is 0 Å². The van der Waals surface area contributed by atoms with Gasteiger partial charge in [0.15, 0.2) is 6.54 Å². The zero-order chi connectivity index (χ0) is 19.3. The van der Waals surface area contributed by atoms with E-state index in [1.165, 1.54) is 18.4 Å². The molecule has 2 amide bonds. The maximum atomic E-state index is 12.4. The second-order valence-corrected chi connectivity index (χ2v) is 7.36. The summed E-state index contributed by atoms with van der Waals surface area (Å²) < 4.78 is 9.81. The van der Waals surface area contributed by atoms with Gasteiger partial charge in [-0.3, -0.25) is 9.69 Å². The first kappa shape index (κ1) is 20.2. The highest BCUT2D eigenvalue weighted by atomic mass is 32.1. The molecule has 0 aliphatic carbocycles. The average Bonchev–Trinajstić information content (AvgIpc) is 2.88. The molecule has 0 spiro atoms. The SMILES string of the molecule is CCOC(=O)N1CC[NH+](CC(=O)Nc2sc(C)c(C)c2C(=O)OC)CC1. The van der Waals surface area contributed by atoms with E-state index in [0.717, 1.165) is 15.3 Å². The van der Waals surface area contributed by atoms with E-state index >= 15 is 0 Å². The first-order valence-electron chi connectivity index (χ1n) is 8.60. The highest BCUT2D eigenvalue weighted by molar-refractivity contribution is 7.16. The molecule has 1 saturated heterocycles. The van der Waals surface area contributed by atoms with Crippen LogP contribution in [0.3, 0.4) is 0 Å². The molecule has 1 aromatic rings. The molecule has 9 heteroatoms. The Balaban J connectivity index is 1.91. The van der Waals surface area contributed by atoms with Gasteiger partial charge in [-0.1, -0.05) is 0 Å². The van der Waals surface area contributed by atoms with E-state index in [0.29, 0.717) is 43.4 Å². The van der Waals surface area contributed by atoms with E-state index in [9.17, 15) is 14.4 Å². The third-order valence-electron chi connectivity index (χ3n) is 4.43. The van der Waals surface area contributed by atoms with Gasteiger partial charge < -0.3 is 19.7 Å². The molecule has 1 aromatic heterocycles. The van der Waals surface area contributed by atoms with E-state index in [4.69, 9.17) is 9.47 Å². The van der Waals surface area contributed by atoms with Gasteiger partial charge in [-0.25, -0.2) is 9.59 Å². The van der Waals surface area contributed by atoms with Crippen LogP contribution in [-0.4, -0.2) is 69.3 Å². The maximum Gasteiger partial charge on any atom is 0.410 e. The Labute approximate surface area is 157 Å². The van der Waals surface area contributed by atoms with Crippen molar-refractivity contribution >= 4 is 34.3 Å². The van der Waals surface area contributed by atoms with Crippen LogP contribution in [0.2, 0.25) is 0 Å². The second-order valence-electron chi connectivity index (χ2n) is 6.14. The number of carbonyl (C=O) groups excluding carboxylic acids is 3. The number of rotatable bonds is 5. The Kier molecular flexibility index (Phi) is 6.98. The van der Waals surface area contributed by atoms with Crippen LogP contribution in [0, 0.1) is 13.8 Å². The van der Waals surface area contributed by atoms with Crippen molar-refractivity contribution in [2.75, 3.05) is 51.8 Å². The van der Waals surface area contributed by atoms with Crippen molar-refractivity contribution in [1.29, 1.82) is 0 Å². The Morgan fingerprint density at radius 2 is 1.88 bits per heavy atom. The van der Waals surface area contributed by atoms with Crippen molar-refractivity contribution in [2.45, 2.75) is 20.8 Å². The molecule has 2 N–H and O–H groups in total. The molecule has 0 aromatic carbocycles. The van der Waals surface area contributed by atoms with Crippen molar-refractivity contribution in [2.24, 2.45) is 0 Å². The summed E-state index contributed by atoms with van der Waals surface area (Å²) in [4.78, 5) is 39.8. The minimum absolute atomic E-state index is 0.156. The van der Waals surface area contributed by atoms with Gasteiger partial charge in [0.1, 0.15) is 5.00 Å². The smallest absolute Gasteiger partial charge is 0.410 e. The minimum Gasteiger partial charge on any atom is -0.465 e. The molecule has 2 rings (SSSR count). The van der Waals surface area contributed by atoms with Crippen molar-refractivity contribution < 1.29 is 28.8 Å². The molecule has 0 unspecified atom stereocenters. The van der Waals surface area contributed by atoms with Crippen LogP contribution in [0.25, 0.3) is 0 Å². The number of aryl methyl sites for hydroxylation is 1. The van der Waals surface area contributed by atoms with E-state index < -0.39 is 5.97 Å². The average molecular weight is 384 g/mol. The molecular weight excluding hydrogens is 358 g/mol. The molecule has 26 heavy (non-hydrogen) atoms. The highest BCUT2D eigenvalue weighted by Gasteiger charge is 2.27. The molecule has 8 nitrogen and oxygen atoms in total. The van der Waals surface area contributed by atoms with Gasteiger partial charge in [-0.2, -0.15) is 0 Å². The summed E-state index contributed by atoms with van der Waals surface area (Å²) in [6.07, 6.45) is -0.303. The summed E-state index contributed by atoms with van der Waals surface area (Å²) >= 11 is 1.37. The van der Waals surface area contributed by atoms with Crippen molar-refractivity contribution in [1.82, 2.24) is 4.90 Å². The Bertz CT molecular complexity index is 680. The van der Waals surface area contributed by atoms with Gasteiger partial charge in [0.05, 0.1) is 45.5 Å². The van der Waals surface area contributed by atoms with Gasteiger partial charge in [0.2, 0.25) is 0 Å². The van der Waals surface area contributed by atoms with Gasteiger partial charge >= 0.3 is 12.1 Å². The van der Waals surface area contributed by atoms with Crippen LogP contribution >= 0.6 is 11.3 Å². The molecular formula is C17H26N3O5S+. The number of nitrogens with one attached hydrogen (secondary N) is 2. The number of esters is 1. The van der Waals surface area contributed by atoms with Crippen LogP contribution in [0.5, 0.6) is 0 Å². The standard InChI is InChI=1S/C17H25N3O5S/c1-5-25-17(23)20-8-6-19(7-9-20)10-13(21)18-15-14(16(22)24-4)11(2)12(3)26-15/h5-10H2,1-4H3,(H,18,21)/p+1. The number of amides is 2. The number of thiophene rings is 1. The van der Waals surface area contributed by atoms with Crippen molar-refractivity contribution in [3.63, 3.8) is 0 Å². The van der Waals surface area contributed by atoms with E-state index in [1.54, 1.807) is 11.8 Å². The summed E-state index contributed by atoms with van der Waals surface area (Å²) in [6, 6.07) is 0. The number of anilines is 1. The zero-order valence-electron chi connectivity index (χ0n) is 15.6. The zero-order valence-corrected chi connectivity index (χ0v) is 16.5. The molecule has 0 saturated carbocycles. The third kappa shape index (κ3) is 4.73. The lowest BCUT2D eigenvalue weighted by atomic mass is 10.1. The molecule has 0 radical (unpaired) electrons. The topological polar surface area (TPSA) is 89.4 Å². The number of hydrogen-bond acceptors (Lipinski definition) is 6. The fraction of sp³-hybridized carbons (Fsp3) is 0.588. The fourth-order valence-corrected chi connectivity index (χ4v) is 3.92. The van der Waals surface area contributed by atoms with E-state index in [-0.39, 0.29) is 18.5 Å². The molecule has 1 aliphatic heterocycles. The fourth-order valence-electron chi connectivity index (χ4n) is 2.86. The Hall–Kier alpha value is -2.13. The Morgan fingerprint density at radius 3 is 2.46 bits per heavy atom. The molecule has 1 aliphatic rings. The summed E-state index contributed by atoms with van der Waals surface area (Å²) in [5.74, 6) is -0.603.